The average molecular weight is 240 g/mol. The molecular formula is C17H20O. The first-order chi connectivity index (χ1) is 8.45. The third kappa shape index (κ3) is 3.21. The van der Waals surface area contributed by atoms with Crippen molar-refractivity contribution in [1.29, 1.82) is 0 Å². The molecule has 0 heterocycles. The van der Waals surface area contributed by atoms with Gasteiger partial charge in [0.1, 0.15) is 0 Å². The smallest absolute Gasteiger partial charge is 0.0840 e. The minimum atomic E-state index is -0.780. The molecule has 0 atom stereocenters. The van der Waals surface area contributed by atoms with E-state index in [2.05, 4.69) is 49.4 Å². The molecule has 0 bridgehead atoms. The fourth-order valence-electron chi connectivity index (χ4n) is 2.15. The summed E-state index contributed by atoms with van der Waals surface area (Å²) in [7, 11) is 0. The highest BCUT2D eigenvalue weighted by molar-refractivity contribution is 5.35. The van der Waals surface area contributed by atoms with Crippen molar-refractivity contribution in [3.05, 3.63) is 70.8 Å². The Morgan fingerprint density at radius 3 is 2.22 bits per heavy atom. The zero-order valence-electron chi connectivity index (χ0n) is 11.3. The highest BCUT2D eigenvalue weighted by Gasteiger charge is 2.16. The highest BCUT2D eigenvalue weighted by Crippen LogP contribution is 2.23. The minimum Gasteiger partial charge on any atom is -0.386 e. The van der Waals surface area contributed by atoms with Crippen molar-refractivity contribution < 1.29 is 5.11 Å². The van der Waals surface area contributed by atoms with E-state index in [9.17, 15) is 5.11 Å². The van der Waals surface area contributed by atoms with E-state index in [1.54, 1.807) is 0 Å². The van der Waals surface area contributed by atoms with Crippen LogP contribution in [0.4, 0.5) is 0 Å². The van der Waals surface area contributed by atoms with Gasteiger partial charge in [-0.3, -0.25) is 0 Å². The van der Waals surface area contributed by atoms with Crippen LogP contribution in [0.3, 0.4) is 0 Å². The summed E-state index contributed by atoms with van der Waals surface area (Å²) in [4.78, 5) is 0. The second-order valence-electron chi connectivity index (χ2n) is 5.43. The lowest BCUT2D eigenvalue weighted by Crippen LogP contribution is -2.16. The van der Waals surface area contributed by atoms with E-state index < -0.39 is 5.60 Å². The summed E-state index contributed by atoms with van der Waals surface area (Å²) in [6.07, 6.45) is 0.908. The lowest BCUT2D eigenvalue weighted by atomic mass is 9.92. The zero-order valence-corrected chi connectivity index (χ0v) is 11.3. The first kappa shape index (κ1) is 12.8. The summed E-state index contributed by atoms with van der Waals surface area (Å²) in [6, 6.07) is 16.7. The van der Waals surface area contributed by atoms with Crippen molar-refractivity contribution in [3.63, 3.8) is 0 Å². The molecular weight excluding hydrogens is 220 g/mol. The summed E-state index contributed by atoms with van der Waals surface area (Å²) in [5.74, 6) is 0. The molecule has 2 aromatic carbocycles. The van der Waals surface area contributed by atoms with Crippen LogP contribution in [0.25, 0.3) is 0 Å². The minimum absolute atomic E-state index is 0.780. The zero-order chi connectivity index (χ0) is 13.2. The van der Waals surface area contributed by atoms with Crippen LogP contribution in [0.5, 0.6) is 0 Å². The normalized spacial score (nSPS) is 11.6. The maximum absolute atomic E-state index is 10.1. The average Bonchev–Trinajstić information content (AvgIpc) is 2.28. The van der Waals surface area contributed by atoms with Crippen molar-refractivity contribution in [2.75, 3.05) is 0 Å². The molecule has 0 amide bonds. The summed E-state index contributed by atoms with van der Waals surface area (Å²) < 4.78 is 0. The maximum atomic E-state index is 10.1. The lowest BCUT2D eigenvalue weighted by Gasteiger charge is -2.19. The Balaban J connectivity index is 2.32. The molecule has 2 aromatic rings. The Kier molecular flexibility index (Phi) is 3.53. The van der Waals surface area contributed by atoms with Gasteiger partial charge < -0.3 is 5.11 Å². The molecule has 0 unspecified atom stereocenters. The van der Waals surface area contributed by atoms with Crippen LogP contribution in [0.1, 0.15) is 36.1 Å². The van der Waals surface area contributed by atoms with Crippen LogP contribution in [0.2, 0.25) is 0 Å². The van der Waals surface area contributed by atoms with Crippen molar-refractivity contribution >= 4 is 0 Å². The van der Waals surface area contributed by atoms with Crippen molar-refractivity contribution in [1.82, 2.24) is 0 Å². The predicted molar refractivity (Wildman–Crippen MR) is 75.7 cm³/mol. The summed E-state index contributed by atoms with van der Waals surface area (Å²) in [6.45, 7) is 5.73. The van der Waals surface area contributed by atoms with Gasteiger partial charge in [0, 0.05) is 0 Å². The van der Waals surface area contributed by atoms with Gasteiger partial charge in [-0.05, 0) is 43.9 Å². The molecule has 1 N–H and O–H groups in total. The molecule has 0 radical (unpaired) electrons. The van der Waals surface area contributed by atoms with Gasteiger partial charge in [-0.15, -0.1) is 0 Å². The van der Waals surface area contributed by atoms with Gasteiger partial charge in [0.25, 0.3) is 0 Å². The Morgan fingerprint density at radius 1 is 0.944 bits per heavy atom. The third-order valence-electron chi connectivity index (χ3n) is 3.09. The standard InChI is InChI=1S/C17H20O/c1-13-9-15(11-14-7-5-4-6-8-14)12-16(10-13)17(2,3)18/h4-10,12,18H,11H2,1-3H3. The number of aliphatic hydroxyl groups is 1. The van der Waals surface area contributed by atoms with E-state index >= 15 is 0 Å². The highest BCUT2D eigenvalue weighted by atomic mass is 16.3. The Hall–Kier alpha value is -1.60. The molecule has 1 heteroatoms. The fourth-order valence-corrected chi connectivity index (χ4v) is 2.15. The van der Waals surface area contributed by atoms with Gasteiger partial charge in [0.05, 0.1) is 5.60 Å². The first-order valence-electron chi connectivity index (χ1n) is 6.32. The second kappa shape index (κ2) is 4.95. The number of rotatable bonds is 3. The van der Waals surface area contributed by atoms with Crippen molar-refractivity contribution in [2.24, 2.45) is 0 Å². The number of hydrogen-bond donors (Lipinski definition) is 1. The molecule has 0 aromatic heterocycles. The molecule has 0 aliphatic heterocycles. The largest absolute Gasteiger partial charge is 0.386 e. The third-order valence-corrected chi connectivity index (χ3v) is 3.09. The molecule has 1 nitrogen and oxygen atoms in total. The van der Waals surface area contributed by atoms with E-state index in [4.69, 9.17) is 0 Å². The Labute approximate surface area is 109 Å². The van der Waals surface area contributed by atoms with Crippen LogP contribution < -0.4 is 0 Å². The fraction of sp³-hybridized carbons (Fsp3) is 0.294. The van der Waals surface area contributed by atoms with Gasteiger partial charge in [0.15, 0.2) is 0 Å². The van der Waals surface area contributed by atoms with Gasteiger partial charge >= 0.3 is 0 Å². The first-order valence-corrected chi connectivity index (χ1v) is 6.32. The van der Waals surface area contributed by atoms with Crippen LogP contribution >= 0.6 is 0 Å². The summed E-state index contributed by atoms with van der Waals surface area (Å²) in [5.41, 5.74) is 3.94. The molecule has 0 fully saturated rings. The maximum Gasteiger partial charge on any atom is 0.0840 e. The molecule has 0 aliphatic rings. The number of hydrogen-bond acceptors (Lipinski definition) is 1. The quantitative estimate of drug-likeness (QED) is 0.865. The monoisotopic (exact) mass is 240 g/mol. The molecule has 94 valence electrons. The van der Waals surface area contributed by atoms with E-state index in [1.165, 1.54) is 16.7 Å². The molecule has 0 spiro atoms. The van der Waals surface area contributed by atoms with Crippen LogP contribution in [-0.2, 0) is 12.0 Å². The molecule has 0 aliphatic carbocycles. The molecule has 0 saturated heterocycles. The molecule has 2 rings (SSSR count). The van der Waals surface area contributed by atoms with Gasteiger partial charge in [-0.2, -0.15) is 0 Å². The van der Waals surface area contributed by atoms with Crippen LogP contribution in [0.15, 0.2) is 48.5 Å². The number of benzene rings is 2. The topological polar surface area (TPSA) is 20.2 Å². The van der Waals surface area contributed by atoms with Gasteiger partial charge in [-0.25, -0.2) is 0 Å². The SMILES string of the molecule is Cc1cc(Cc2ccccc2)cc(C(C)(C)O)c1. The van der Waals surface area contributed by atoms with Crippen molar-refractivity contribution in [2.45, 2.75) is 32.8 Å². The van der Waals surface area contributed by atoms with Gasteiger partial charge in [0.2, 0.25) is 0 Å². The van der Waals surface area contributed by atoms with Crippen LogP contribution in [0, 0.1) is 6.92 Å². The Morgan fingerprint density at radius 2 is 1.61 bits per heavy atom. The predicted octanol–water partition coefficient (Wildman–Crippen LogP) is 3.81. The second-order valence-corrected chi connectivity index (χ2v) is 5.43. The molecule has 0 saturated carbocycles. The van der Waals surface area contributed by atoms with Gasteiger partial charge in [-0.1, -0.05) is 54.1 Å². The lowest BCUT2D eigenvalue weighted by molar-refractivity contribution is 0.0784. The summed E-state index contributed by atoms with van der Waals surface area (Å²) in [5, 5.41) is 10.1. The Bertz CT molecular complexity index is 521. The van der Waals surface area contributed by atoms with E-state index in [0.29, 0.717) is 0 Å². The van der Waals surface area contributed by atoms with Crippen LogP contribution in [-0.4, -0.2) is 5.11 Å². The molecule has 18 heavy (non-hydrogen) atoms. The van der Waals surface area contributed by atoms with E-state index in [0.717, 1.165) is 12.0 Å². The summed E-state index contributed by atoms with van der Waals surface area (Å²) >= 11 is 0. The number of aryl methyl sites for hydroxylation is 1. The van der Waals surface area contributed by atoms with E-state index in [-0.39, 0.29) is 0 Å². The van der Waals surface area contributed by atoms with E-state index in [1.807, 2.05) is 19.9 Å². The van der Waals surface area contributed by atoms with Crippen molar-refractivity contribution in [3.8, 4) is 0 Å².